The van der Waals surface area contributed by atoms with E-state index in [9.17, 15) is 13.2 Å². The first-order valence-electron chi connectivity index (χ1n) is 11.7. The van der Waals surface area contributed by atoms with Gasteiger partial charge >= 0.3 is 0 Å². The first-order valence-corrected chi connectivity index (χ1v) is 13.2. The number of nitrogens with zero attached hydrogens (tertiary/aromatic N) is 2. The smallest absolute Gasteiger partial charge is 0.254 e. The van der Waals surface area contributed by atoms with Gasteiger partial charge in [-0.3, -0.25) is 4.79 Å². The maximum atomic E-state index is 13.5. The lowest BCUT2D eigenvalue weighted by Gasteiger charge is -2.32. The van der Waals surface area contributed by atoms with Gasteiger partial charge in [0.2, 0.25) is 10.0 Å². The molecule has 0 N–H and O–H groups in total. The van der Waals surface area contributed by atoms with Gasteiger partial charge in [0.15, 0.2) is 11.5 Å². The highest BCUT2D eigenvalue weighted by Crippen LogP contribution is 2.35. The highest BCUT2D eigenvalue weighted by molar-refractivity contribution is 7.89. The lowest BCUT2D eigenvalue weighted by Crippen LogP contribution is -2.42. The predicted molar refractivity (Wildman–Crippen MR) is 128 cm³/mol. The summed E-state index contributed by atoms with van der Waals surface area (Å²) >= 11 is 0. The van der Waals surface area contributed by atoms with Crippen LogP contribution >= 0.6 is 0 Å². The summed E-state index contributed by atoms with van der Waals surface area (Å²) in [5.74, 6) is 1.29. The summed E-state index contributed by atoms with van der Waals surface area (Å²) in [6, 6.07) is 10.1. The molecular weight excluding hydrogens is 456 g/mol. The van der Waals surface area contributed by atoms with Gasteiger partial charge in [-0.15, -0.1) is 0 Å². The van der Waals surface area contributed by atoms with Gasteiger partial charge in [-0.05, 0) is 51.0 Å². The zero-order chi connectivity index (χ0) is 24.3. The number of hydrogen-bond donors (Lipinski definition) is 0. The van der Waals surface area contributed by atoms with Crippen LogP contribution in [0.25, 0.3) is 0 Å². The van der Waals surface area contributed by atoms with Crippen molar-refractivity contribution in [3.63, 3.8) is 0 Å². The van der Waals surface area contributed by atoms with E-state index in [2.05, 4.69) is 0 Å². The highest BCUT2D eigenvalue weighted by atomic mass is 32.2. The summed E-state index contributed by atoms with van der Waals surface area (Å²) in [7, 11) is -2.37. The predicted octanol–water partition coefficient (Wildman–Crippen LogP) is 3.69. The standard InChI is InChI=1S/C25H32N2O6S/c1-4-26(17-20-9-7-10-22-24(20)33-15-14-32-22)25(28)19-11-12-21(31-3)23(16-19)34(29,30)27-13-6-5-8-18(27)2/h7,9-12,16,18H,4-6,8,13-15,17H2,1-3H3. The van der Waals surface area contributed by atoms with Crippen molar-refractivity contribution in [3.8, 4) is 17.2 Å². The molecule has 0 radical (unpaired) electrons. The van der Waals surface area contributed by atoms with Crippen molar-refractivity contribution in [3.05, 3.63) is 47.5 Å². The van der Waals surface area contributed by atoms with Crippen LogP contribution in [0.4, 0.5) is 0 Å². The molecule has 1 unspecified atom stereocenters. The number of carbonyl (C=O) groups is 1. The van der Waals surface area contributed by atoms with Crippen LogP contribution in [0.1, 0.15) is 49.0 Å². The Morgan fingerprint density at radius 1 is 1.18 bits per heavy atom. The van der Waals surface area contributed by atoms with Gasteiger partial charge in [0.05, 0.1) is 7.11 Å². The van der Waals surface area contributed by atoms with Crippen LogP contribution in [0.5, 0.6) is 17.2 Å². The maximum absolute atomic E-state index is 13.5. The minimum atomic E-state index is -3.81. The average molecular weight is 489 g/mol. The van der Waals surface area contributed by atoms with E-state index >= 15 is 0 Å². The number of piperidine rings is 1. The number of carbonyl (C=O) groups excluding carboxylic acids is 1. The molecule has 184 valence electrons. The third-order valence-electron chi connectivity index (χ3n) is 6.42. The molecule has 2 aliphatic rings. The highest BCUT2D eigenvalue weighted by Gasteiger charge is 2.34. The molecule has 0 aliphatic carbocycles. The molecular formula is C25H32N2O6S. The topological polar surface area (TPSA) is 85.4 Å². The van der Waals surface area contributed by atoms with Crippen molar-refractivity contribution in [2.75, 3.05) is 33.4 Å². The fourth-order valence-corrected chi connectivity index (χ4v) is 6.42. The first kappa shape index (κ1) is 24.3. The Hall–Kier alpha value is -2.78. The molecule has 4 rings (SSSR count). The van der Waals surface area contributed by atoms with Crippen molar-refractivity contribution < 1.29 is 27.4 Å². The summed E-state index contributed by atoms with van der Waals surface area (Å²) < 4.78 is 45.4. The molecule has 2 aliphatic heterocycles. The molecule has 0 saturated carbocycles. The Kier molecular flexibility index (Phi) is 7.33. The van der Waals surface area contributed by atoms with Gasteiger partial charge in [0.1, 0.15) is 23.9 Å². The van der Waals surface area contributed by atoms with Crippen LogP contribution < -0.4 is 14.2 Å². The van der Waals surface area contributed by atoms with E-state index in [0.29, 0.717) is 49.9 Å². The van der Waals surface area contributed by atoms with E-state index in [1.165, 1.54) is 17.5 Å². The zero-order valence-corrected chi connectivity index (χ0v) is 20.8. The lowest BCUT2D eigenvalue weighted by molar-refractivity contribution is 0.0748. The second-order valence-corrected chi connectivity index (χ2v) is 10.4. The van der Waals surface area contributed by atoms with E-state index in [-0.39, 0.29) is 22.6 Å². The number of fused-ring (bicyclic) bond motifs is 1. The number of rotatable bonds is 7. The Morgan fingerprint density at radius 3 is 2.71 bits per heavy atom. The molecule has 0 aromatic heterocycles. The largest absolute Gasteiger partial charge is 0.495 e. The van der Waals surface area contributed by atoms with Crippen molar-refractivity contribution in [2.45, 2.75) is 50.6 Å². The van der Waals surface area contributed by atoms with E-state index in [1.807, 2.05) is 32.0 Å². The number of para-hydroxylation sites is 1. The summed E-state index contributed by atoms with van der Waals surface area (Å²) in [5.41, 5.74) is 1.14. The molecule has 0 spiro atoms. The molecule has 2 aromatic carbocycles. The number of methoxy groups -OCH3 is 1. The molecule has 1 fully saturated rings. The fraction of sp³-hybridized carbons (Fsp3) is 0.480. The second-order valence-electron chi connectivity index (χ2n) is 8.59. The number of sulfonamides is 1. The molecule has 34 heavy (non-hydrogen) atoms. The third kappa shape index (κ3) is 4.72. The summed E-state index contributed by atoms with van der Waals surface area (Å²) in [4.78, 5) is 15.2. The van der Waals surface area contributed by atoms with Crippen LogP contribution in [0.2, 0.25) is 0 Å². The molecule has 9 heteroatoms. The fourth-order valence-electron chi connectivity index (χ4n) is 4.54. The molecule has 0 bridgehead atoms. The van der Waals surface area contributed by atoms with Crippen LogP contribution in [0, 0.1) is 0 Å². The lowest BCUT2D eigenvalue weighted by atomic mass is 10.1. The maximum Gasteiger partial charge on any atom is 0.254 e. The molecule has 2 heterocycles. The van der Waals surface area contributed by atoms with Crippen molar-refractivity contribution >= 4 is 15.9 Å². The molecule has 2 aromatic rings. The average Bonchev–Trinajstić information content (AvgIpc) is 2.86. The van der Waals surface area contributed by atoms with Crippen molar-refractivity contribution in [2.24, 2.45) is 0 Å². The van der Waals surface area contributed by atoms with Gasteiger partial charge in [0.25, 0.3) is 5.91 Å². The van der Waals surface area contributed by atoms with Crippen LogP contribution in [-0.4, -0.2) is 63.0 Å². The van der Waals surface area contributed by atoms with E-state index in [0.717, 1.165) is 24.8 Å². The molecule has 1 saturated heterocycles. The quantitative estimate of drug-likeness (QED) is 0.591. The molecule has 1 amide bonds. The summed E-state index contributed by atoms with van der Waals surface area (Å²) in [6.07, 6.45) is 2.64. The number of hydrogen-bond acceptors (Lipinski definition) is 6. The van der Waals surface area contributed by atoms with Crippen LogP contribution in [0.3, 0.4) is 0 Å². The summed E-state index contributed by atoms with van der Waals surface area (Å²) in [6.45, 7) is 5.99. The molecule has 8 nitrogen and oxygen atoms in total. The normalized spacial score (nSPS) is 18.4. The van der Waals surface area contributed by atoms with Gasteiger partial charge < -0.3 is 19.1 Å². The van der Waals surface area contributed by atoms with E-state index in [4.69, 9.17) is 14.2 Å². The number of ether oxygens (including phenoxy) is 3. The van der Waals surface area contributed by atoms with E-state index in [1.54, 1.807) is 17.0 Å². The van der Waals surface area contributed by atoms with Crippen LogP contribution in [0.15, 0.2) is 41.3 Å². The van der Waals surface area contributed by atoms with Gasteiger partial charge in [-0.2, -0.15) is 4.31 Å². The number of benzene rings is 2. The third-order valence-corrected chi connectivity index (χ3v) is 8.45. The van der Waals surface area contributed by atoms with Crippen molar-refractivity contribution in [1.82, 2.24) is 9.21 Å². The Labute approximate surface area is 201 Å². The molecule has 1 atom stereocenters. The first-order chi connectivity index (χ1) is 16.4. The SMILES string of the molecule is CCN(Cc1cccc2c1OCCO2)C(=O)c1ccc(OC)c(S(=O)(=O)N2CCCCC2C)c1. The summed E-state index contributed by atoms with van der Waals surface area (Å²) in [5, 5.41) is 0. The Bertz CT molecular complexity index is 1150. The number of amides is 1. The van der Waals surface area contributed by atoms with Gasteiger partial charge in [-0.25, -0.2) is 8.42 Å². The minimum absolute atomic E-state index is 0.0273. The van der Waals surface area contributed by atoms with Crippen molar-refractivity contribution in [1.29, 1.82) is 0 Å². The Morgan fingerprint density at radius 2 is 1.97 bits per heavy atom. The Balaban J connectivity index is 1.64. The monoisotopic (exact) mass is 488 g/mol. The second kappa shape index (κ2) is 10.2. The zero-order valence-electron chi connectivity index (χ0n) is 20.0. The minimum Gasteiger partial charge on any atom is -0.495 e. The van der Waals surface area contributed by atoms with E-state index < -0.39 is 10.0 Å². The van der Waals surface area contributed by atoms with Gasteiger partial charge in [0, 0.05) is 36.8 Å². The van der Waals surface area contributed by atoms with Gasteiger partial charge in [-0.1, -0.05) is 18.6 Å². The van der Waals surface area contributed by atoms with Crippen LogP contribution in [-0.2, 0) is 16.6 Å².